The fraction of sp³-hybridized carbons (Fsp3) is 0. The van der Waals surface area contributed by atoms with Gasteiger partial charge in [-0.25, -0.2) is 14.5 Å². The van der Waals surface area contributed by atoms with E-state index in [4.69, 9.17) is 15.1 Å². The minimum Gasteiger partial charge on any atom is -0.231 e. The van der Waals surface area contributed by atoms with Gasteiger partial charge < -0.3 is 0 Å². The second-order valence-corrected chi connectivity index (χ2v) is 15.6. The van der Waals surface area contributed by atoms with E-state index in [0.717, 1.165) is 72.6 Å². The van der Waals surface area contributed by atoms with Gasteiger partial charge >= 0.3 is 0 Å². The van der Waals surface area contributed by atoms with Crippen LogP contribution in [-0.2, 0) is 0 Å². The normalized spacial score (nSPS) is 11.6. The van der Waals surface area contributed by atoms with E-state index in [2.05, 4.69) is 217 Å². The second kappa shape index (κ2) is 14.3. The molecule has 0 atom stereocenters. The van der Waals surface area contributed by atoms with Crippen molar-refractivity contribution >= 4 is 48.6 Å². The number of fused-ring (bicyclic) bond motifs is 9. The third-order valence-electron chi connectivity index (χ3n) is 12.0. The van der Waals surface area contributed by atoms with Gasteiger partial charge in [-0.3, -0.25) is 0 Å². The Labute approximate surface area is 352 Å². The van der Waals surface area contributed by atoms with Gasteiger partial charge in [-0.05, 0) is 61.5 Å². The van der Waals surface area contributed by atoms with E-state index >= 15 is 0 Å². The number of benzene rings is 9. The first-order valence-electron chi connectivity index (χ1n) is 20.7. The molecule has 0 aliphatic carbocycles. The van der Waals surface area contributed by atoms with Crippen molar-refractivity contribution in [1.29, 1.82) is 0 Å². The molecule has 4 heteroatoms. The average molecular weight is 777 g/mol. The second-order valence-electron chi connectivity index (χ2n) is 15.6. The molecule has 3 heterocycles. The molecule has 0 fully saturated rings. The first-order valence-corrected chi connectivity index (χ1v) is 20.7. The summed E-state index contributed by atoms with van der Waals surface area (Å²) in [6.45, 7) is 0. The molecule has 0 spiro atoms. The van der Waals surface area contributed by atoms with Crippen molar-refractivity contribution in [2.45, 2.75) is 0 Å². The quantitative estimate of drug-likeness (QED) is 0.158. The highest BCUT2D eigenvalue weighted by atomic mass is 15.2. The van der Waals surface area contributed by atoms with Gasteiger partial charge in [-0.2, -0.15) is 5.10 Å². The van der Waals surface area contributed by atoms with Crippen LogP contribution in [-0.4, -0.2) is 19.6 Å². The van der Waals surface area contributed by atoms with E-state index in [1.54, 1.807) is 0 Å². The Hall–Kier alpha value is -8.21. The molecule has 3 aromatic heterocycles. The molecule has 284 valence electrons. The predicted molar refractivity (Wildman–Crippen MR) is 253 cm³/mol. The largest absolute Gasteiger partial charge is 0.231 e. The molecule has 0 saturated heterocycles. The highest BCUT2D eigenvalue weighted by Crippen LogP contribution is 2.42. The molecular formula is C57H36N4. The Balaban J connectivity index is 1.03. The SMILES string of the molecule is c1ccc(-c2cc(-c3ccc(-c4nn5c(-c6ccccc6)cc6ccccc6c5c4-c4ccccc4)cc3)nc(-c3ccc4c5ccccc5c5ccccc5c4c3)n2)cc1. The Morgan fingerprint density at radius 3 is 1.39 bits per heavy atom. The fourth-order valence-corrected chi connectivity index (χ4v) is 9.11. The van der Waals surface area contributed by atoms with Crippen LogP contribution >= 0.6 is 0 Å². The molecule has 12 aromatic rings. The molecule has 0 unspecified atom stereocenters. The van der Waals surface area contributed by atoms with Crippen LogP contribution in [0.2, 0.25) is 0 Å². The number of hydrogen-bond donors (Lipinski definition) is 0. The molecular weight excluding hydrogens is 741 g/mol. The van der Waals surface area contributed by atoms with Gasteiger partial charge in [0.1, 0.15) is 5.69 Å². The maximum atomic E-state index is 5.45. The number of hydrogen-bond acceptors (Lipinski definition) is 3. The summed E-state index contributed by atoms with van der Waals surface area (Å²) in [5.74, 6) is 0.687. The zero-order chi connectivity index (χ0) is 40.3. The molecule has 61 heavy (non-hydrogen) atoms. The van der Waals surface area contributed by atoms with Crippen LogP contribution in [0.15, 0.2) is 218 Å². The topological polar surface area (TPSA) is 43.1 Å². The van der Waals surface area contributed by atoms with Crippen LogP contribution in [0.4, 0.5) is 0 Å². The van der Waals surface area contributed by atoms with Crippen molar-refractivity contribution in [2.24, 2.45) is 0 Å². The predicted octanol–water partition coefficient (Wildman–Crippen LogP) is 14.7. The molecule has 0 radical (unpaired) electrons. The van der Waals surface area contributed by atoms with E-state index in [1.807, 2.05) is 6.07 Å². The molecule has 0 N–H and O–H groups in total. The van der Waals surface area contributed by atoms with Crippen molar-refractivity contribution in [3.63, 3.8) is 0 Å². The molecule has 0 amide bonds. The van der Waals surface area contributed by atoms with Crippen LogP contribution in [0.5, 0.6) is 0 Å². The molecule has 0 aliphatic heterocycles. The van der Waals surface area contributed by atoms with Gasteiger partial charge in [-0.15, -0.1) is 0 Å². The minimum atomic E-state index is 0.687. The lowest BCUT2D eigenvalue weighted by atomic mass is 9.93. The summed E-state index contributed by atoms with van der Waals surface area (Å²) in [5.41, 5.74) is 12.2. The summed E-state index contributed by atoms with van der Waals surface area (Å²) >= 11 is 0. The zero-order valence-electron chi connectivity index (χ0n) is 33.1. The van der Waals surface area contributed by atoms with Gasteiger partial charge in [-0.1, -0.05) is 200 Å². The lowest BCUT2D eigenvalue weighted by Crippen LogP contribution is -1.96. The summed E-state index contributed by atoms with van der Waals surface area (Å²) in [5, 5.41) is 15.2. The van der Waals surface area contributed by atoms with Crippen LogP contribution in [0.3, 0.4) is 0 Å². The van der Waals surface area contributed by atoms with Crippen molar-refractivity contribution in [3.8, 4) is 67.5 Å². The van der Waals surface area contributed by atoms with Crippen LogP contribution in [0.25, 0.3) is 116 Å². The van der Waals surface area contributed by atoms with E-state index in [1.165, 1.54) is 37.7 Å². The monoisotopic (exact) mass is 776 g/mol. The first-order chi connectivity index (χ1) is 30.2. The van der Waals surface area contributed by atoms with E-state index in [0.29, 0.717) is 5.82 Å². The fourth-order valence-electron chi connectivity index (χ4n) is 9.11. The number of pyridine rings is 1. The Kier molecular flexibility index (Phi) is 8.13. The standard InChI is InChI=1S/C57H36N4/c1-4-16-37(17-5-1)51-36-52(59-57(58-51)43-32-33-49-47-26-13-12-24-45(47)46-25-14-15-27-48(46)50(49)34-43)38-28-30-41(31-29-38)55-54(40-20-8-3-9-21-40)56-44-23-11-10-22-42(44)35-53(61(56)60-55)39-18-6-2-7-19-39/h1-36H. The number of nitrogens with zero attached hydrogens (tertiary/aromatic N) is 4. The highest BCUT2D eigenvalue weighted by Gasteiger charge is 2.22. The maximum absolute atomic E-state index is 5.45. The summed E-state index contributed by atoms with van der Waals surface area (Å²) in [4.78, 5) is 10.5. The summed E-state index contributed by atoms with van der Waals surface area (Å²) in [7, 11) is 0. The van der Waals surface area contributed by atoms with E-state index < -0.39 is 0 Å². The highest BCUT2D eigenvalue weighted by molar-refractivity contribution is 6.25. The van der Waals surface area contributed by atoms with Gasteiger partial charge in [0.05, 0.1) is 22.6 Å². The molecule has 0 saturated carbocycles. The van der Waals surface area contributed by atoms with Crippen molar-refractivity contribution in [2.75, 3.05) is 0 Å². The van der Waals surface area contributed by atoms with Crippen LogP contribution in [0, 0.1) is 0 Å². The zero-order valence-corrected chi connectivity index (χ0v) is 33.1. The van der Waals surface area contributed by atoms with Gasteiger partial charge in [0.25, 0.3) is 0 Å². The Morgan fingerprint density at radius 2 is 0.770 bits per heavy atom. The number of aromatic nitrogens is 4. The smallest absolute Gasteiger partial charge is 0.160 e. The van der Waals surface area contributed by atoms with Crippen LogP contribution in [0.1, 0.15) is 0 Å². The molecule has 0 bridgehead atoms. The number of rotatable bonds is 6. The first kappa shape index (κ1) is 34.8. The van der Waals surface area contributed by atoms with Crippen molar-refractivity contribution in [1.82, 2.24) is 19.6 Å². The summed E-state index contributed by atoms with van der Waals surface area (Å²) in [6, 6.07) is 77.3. The Morgan fingerprint density at radius 1 is 0.311 bits per heavy atom. The average Bonchev–Trinajstić information content (AvgIpc) is 3.76. The molecule has 9 aromatic carbocycles. The van der Waals surface area contributed by atoms with Crippen LogP contribution < -0.4 is 0 Å². The molecule has 12 rings (SSSR count). The molecule has 4 nitrogen and oxygen atoms in total. The summed E-state index contributed by atoms with van der Waals surface area (Å²) < 4.78 is 2.14. The van der Waals surface area contributed by atoms with Crippen molar-refractivity contribution < 1.29 is 0 Å². The minimum absolute atomic E-state index is 0.687. The van der Waals surface area contributed by atoms with E-state index in [-0.39, 0.29) is 0 Å². The lowest BCUT2D eigenvalue weighted by molar-refractivity contribution is 0.979. The summed E-state index contributed by atoms with van der Waals surface area (Å²) in [6.07, 6.45) is 0. The van der Waals surface area contributed by atoms with Gasteiger partial charge in [0.2, 0.25) is 0 Å². The third kappa shape index (κ3) is 5.88. The third-order valence-corrected chi connectivity index (χ3v) is 12.0. The van der Waals surface area contributed by atoms with Gasteiger partial charge in [0, 0.05) is 38.8 Å². The molecule has 0 aliphatic rings. The Bertz CT molecular complexity index is 3580. The van der Waals surface area contributed by atoms with Gasteiger partial charge in [0.15, 0.2) is 5.82 Å². The van der Waals surface area contributed by atoms with E-state index in [9.17, 15) is 0 Å². The maximum Gasteiger partial charge on any atom is 0.160 e. The van der Waals surface area contributed by atoms with Crippen molar-refractivity contribution in [3.05, 3.63) is 218 Å². The lowest BCUT2D eigenvalue weighted by Gasteiger charge is -2.13.